The third-order valence-electron chi connectivity index (χ3n) is 4.47. The van der Waals surface area contributed by atoms with Crippen molar-refractivity contribution < 1.29 is 9.47 Å². The highest BCUT2D eigenvalue weighted by Gasteiger charge is 2.15. The molecule has 0 amide bonds. The number of aromatic amines is 1. The number of H-pyrrole nitrogens is 1. The molecule has 1 aliphatic rings. The Morgan fingerprint density at radius 1 is 1.38 bits per heavy atom. The lowest BCUT2D eigenvalue weighted by Crippen LogP contribution is -2.03. The first-order chi connectivity index (χ1) is 11.8. The van der Waals surface area contributed by atoms with Gasteiger partial charge < -0.3 is 14.5 Å². The Bertz CT molecular complexity index is 995. The van der Waals surface area contributed by atoms with Crippen molar-refractivity contribution in [3.8, 4) is 6.07 Å². The predicted molar refractivity (Wildman–Crippen MR) is 92.4 cm³/mol. The lowest BCUT2D eigenvalue weighted by molar-refractivity contribution is 0.161. The summed E-state index contributed by atoms with van der Waals surface area (Å²) < 4.78 is 10.7. The van der Waals surface area contributed by atoms with E-state index in [-0.39, 0.29) is 0 Å². The van der Waals surface area contributed by atoms with Gasteiger partial charge in [0.15, 0.2) is 0 Å². The standard InChI is InChI=1S/C19H17N3O2/c1-23-11-15-17(9-20)21-10-18-19(15)14-8-13(2-3-16(14)22-18)12-4-6-24-7-5-12/h2-4,8,10,22H,5-7,11H2,1H3. The molecule has 0 radical (unpaired) electrons. The third kappa shape index (κ3) is 2.37. The Kier molecular flexibility index (Phi) is 3.77. The zero-order chi connectivity index (χ0) is 16.5. The molecule has 0 saturated heterocycles. The smallest absolute Gasteiger partial charge is 0.146 e. The second kappa shape index (κ2) is 6.08. The van der Waals surface area contributed by atoms with Gasteiger partial charge in [-0.15, -0.1) is 0 Å². The molecule has 0 saturated carbocycles. The SMILES string of the molecule is COCc1c(C#N)ncc2[nH]c3ccc(C4=CCOCC4)cc3c12. The summed E-state index contributed by atoms with van der Waals surface area (Å²) in [5.41, 5.74) is 5.72. The molecule has 0 atom stereocenters. The maximum Gasteiger partial charge on any atom is 0.146 e. The van der Waals surface area contributed by atoms with Crippen molar-refractivity contribution in [1.82, 2.24) is 9.97 Å². The Hall–Kier alpha value is -2.68. The van der Waals surface area contributed by atoms with Crippen molar-refractivity contribution >= 4 is 27.4 Å². The molecular weight excluding hydrogens is 302 g/mol. The average molecular weight is 319 g/mol. The molecule has 0 fully saturated rings. The fraction of sp³-hybridized carbons (Fsp3) is 0.263. The molecule has 0 bridgehead atoms. The molecule has 4 rings (SSSR count). The Morgan fingerprint density at radius 3 is 3.04 bits per heavy atom. The van der Waals surface area contributed by atoms with E-state index in [1.807, 2.05) is 0 Å². The average Bonchev–Trinajstić information content (AvgIpc) is 3.01. The van der Waals surface area contributed by atoms with Gasteiger partial charge in [0.2, 0.25) is 0 Å². The van der Waals surface area contributed by atoms with E-state index >= 15 is 0 Å². The molecule has 3 aromatic rings. The number of methoxy groups -OCH3 is 1. The molecule has 1 aromatic carbocycles. The van der Waals surface area contributed by atoms with Crippen molar-refractivity contribution in [3.63, 3.8) is 0 Å². The zero-order valence-corrected chi connectivity index (χ0v) is 13.4. The lowest BCUT2D eigenvalue weighted by atomic mass is 9.98. The van der Waals surface area contributed by atoms with Crippen LogP contribution in [0.1, 0.15) is 23.2 Å². The van der Waals surface area contributed by atoms with Crippen molar-refractivity contribution in [3.05, 3.63) is 47.3 Å². The number of nitriles is 1. The van der Waals surface area contributed by atoms with Gasteiger partial charge >= 0.3 is 0 Å². The zero-order valence-electron chi connectivity index (χ0n) is 13.4. The van der Waals surface area contributed by atoms with Gasteiger partial charge in [-0.25, -0.2) is 4.98 Å². The van der Waals surface area contributed by atoms with Crippen molar-refractivity contribution in [2.45, 2.75) is 13.0 Å². The van der Waals surface area contributed by atoms with Crippen LogP contribution in [-0.2, 0) is 16.1 Å². The van der Waals surface area contributed by atoms with Gasteiger partial charge in [-0.05, 0) is 29.7 Å². The molecule has 1 aliphatic heterocycles. The minimum Gasteiger partial charge on any atom is -0.380 e. The van der Waals surface area contributed by atoms with E-state index in [1.165, 1.54) is 11.1 Å². The van der Waals surface area contributed by atoms with Crippen molar-refractivity contribution in [2.24, 2.45) is 0 Å². The Labute approximate surface area is 139 Å². The number of rotatable bonds is 3. The number of fused-ring (bicyclic) bond motifs is 3. The van der Waals surface area contributed by atoms with Gasteiger partial charge in [0.25, 0.3) is 0 Å². The van der Waals surface area contributed by atoms with Gasteiger partial charge in [-0.1, -0.05) is 12.1 Å². The van der Waals surface area contributed by atoms with Crippen LogP contribution >= 0.6 is 0 Å². The van der Waals surface area contributed by atoms with Gasteiger partial charge in [-0.2, -0.15) is 5.26 Å². The fourth-order valence-corrected chi connectivity index (χ4v) is 3.33. The molecule has 0 unspecified atom stereocenters. The summed E-state index contributed by atoms with van der Waals surface area (Å²) in [5.74, 6) is 0. The maximum absolute atomic E-state index is 9.37. The quantitative estimate of drug-likeness (QED) is 0.801. The molecular formula is C19H17N3O2. The van der Waals surface area contributed by atoms with Crippen LogP contribution in [-0.4, -0.2) is 30.3 Å². The summed E-state index contributed by atoms with van der Waals surface area (Å²) in [5, 5.41) is 11.5. The fourth-order valence-electron chi connectivity index (χ4n) is 3.33. The van der Waals surface area contributed by atoms with E-state index < -0.39 is 0 Å². The first kappa shape index (κ1) is 14.9. The van der Waals surface area contributed by atoms with Crippen LogP contribution in [0, 0.1) is 11.3 Å². The van der Waals surface area contributed by atoms with E-state index in [4.69, 9.17) is 9.47 Å². The number of nitrogens with one attached hydrogen (secondary N) is 1. The number of nitrogens with zero attached hydrogens (tertiary/aromatic N) is 2. The van der Waals surface area contributed by atoms with Crippen LogP contribution in [0.5, 0.6) is 0 Å². The molecule has 24 heavy (non-hydrogen) atoms. The highest BCUT2D eigenvalue weighted by Crippen LogP contribution is 2.33. The number of benzene rings is 1. The van der Waals surface area contributed by atoms with Crippen LogP contribution in [0.4, 0.5) is 0 Å². The lowest BCUT2D eigenvalue weighted by Gasteiger charge is -2.14. The molecule has 1 N–H and O–H groups in total. The topological polar surface area (TPSA) is 70.9 Å². The maximum atomic E-state index is 9.37. The highest BCUT2D eigenvalue weighted by molar-refractivity contribution is 6.09. The largest absolute Gasteiger partial charge is 0.380 e. The van der Waals surface area contributed by atoms with Crippen molar-refractivity contribution in [1.29, 1.82) is 5.26 Å². The molecule has 0 aliphatic carbocycles. The van der Waals surface area contributed by atoms with E-state index in [2.05, 4.69) is 40.3 Å². The van der Waals surface area contributed by atoms with Crippen molar-refractivity contribution in [2.75, 3.05) is 20.3 Å². The summed E-state index contributed by atoms with van der Waals surface area (Å²) >= 11 is 0. The number of aromatic nitrogens is 2. The van der Waals surface area contributed by atoms with Crippen LogP contribution in [0.3, 0.4) is 0 Å². The van der Waals surface area contributed by atoms with Gasteiger partial charge in [0, 0.05) is 29.0 Å². The Morgan fingerprint density at radius 2 is 2.29 bits per heavy atom. The molecule has 2 aromatic heterocycles. The normalized spacial score (nSPS) is 14.8. The number of ether oxygens (including phenoxy) is 2. The first-order valence-corrected chi connectivity index (χ1v) is 7.91. The summed E-state index contributed by atoms with van der Waals surface area (Å²) in [7, 11) is 1.63. The number of pyridine rings is 1. The molecule has 0 spiro atoms. The summed E-state index contributed by atoms with van der Waals surface area (Å²) in [6.07, 6.45) is 4.78. The molecule has 5 nitrogen and oxygen atoms in total. The second-order valence-electron chi connectivity index (χ2n) is 5.86. The number of hydrogen-bond donors (Lipinski definition) is 1. The number of hydrogen-bond acceptors (Lipinski definition) is 4. The highest BCUT2D eigenvalue weighted by atomic mass is 16.5. The third-order valence-corrected chi connectivity index (χ3v) is 4.47. The minimum absolute atomic E-state index is 0.362. The Balaban J connectivity index is 1.99. The minimum atomic E-state index is 0.362. The molecule has 120 valence electrons. The summed E-state index contributed by atoms with van der Waals surface area (Å²) in [6.45, 7) is 1.79. The van der Waals surface area contributed by atoms with Gasteiger partial charge in [0.1, 0.15) is 11.8 Å². The van der Waals surface area contributed by atoms with Crippen LogP contribution < -0.4 is 0 Å². The monoisotopic (exact) mass is 319 g/mol. The predicted octanol–water partition coefficient (Wildman–Crippen LogP) is 3.54. The van der Waals surface area contributed by atoms with E-state index in [1.54, 1.807) is 13.3 Å². The summed E-state index contributed by atoms with van der Waals surface area (Å²) in [4.78, 5) is 7.64. The molecule has 3 heterocycles. The van der Waals surface area contributed by atoms with E-state index in [0.717, 1.165) is 40.4 Å². The van der Waals surface area contributed by atoms with E-state index in [9.17, 15) is 5.26 Å². The van der Waals surface area contributed by atoms with Gasteiger partial charge in [0.05, 0.1) is 31.5 Å². The summed E-state index contributed by atoms with van der Waals surface area (Å²) in [6, 6.07) is 8.57. The van der Waals surface area contributed by atoms with Gasteiger partial charge in [-0.3, -0.25) is 0 Å². The second-order valence-corrected chi connectivity index (χ2v) is 5.86. The van der Waals surface area contributed by atoms with Crippen LogP contribution in [0.15, 0.2) is 30.5 Å². The van der Waals surface area contributed by atoms with E-state index in [0.29, 0.717) is 18.9 Å². The molecule has 5 heteroatoms. The van der Waals surface area contributed by atoms with Crippen LogP contribution in [0.25, 0.3) is 27.4 Å². The first-order valence-electron chi connectivity index (χ1n) is 7.91. The van der Waals surface area contributed by atoms with Crippen LogP contribution in [0.2, 0.25) is 0 Å².